The molecule has 0 aromatic heterocycles. The third kappa shape index (κ3) is 25.1. The Hall–Kier alpha value is -7.69. The summed E-state index contributed by atoms with van der Waals surface area (Å²) in [6, 6.07) is 21.2. The molecule has 524 valence electrons. The number of carboxylic acid groups (broad SMARTS) is 1. The Labute approximate surface area is 567 Å². The second kappa shape index (κ2) is 36.6. The minimum atomic E-state index is -4.62. The molecule has 96 heavy (non-hydrogen) atoms. The highest BCUT2D eigenvalue weighted by Crippen LogP contribution is 2.39. The lowest BCUT2D eigenvalue weighted by Crippen LogP contribution is -2.47. The molecule has 5 N–H and O–H groups in total. The number of Topliss-reactive ketones (excluding diaryl/α,β-unsaturated/α-hetero) is 3. The molecule has 1 saturated carbocycles. The molecule has 0 saturated heterocycles. The molecule has 2 atom stereocenters. The zero-order valence-corrected chi connectivity index (χ0v) is 57.3. The number of amides is 3. The summed E-state index contributed by atoms with van der Waals surface area (Å²) < 4.78 is 111. The van der Waals surface area contributed by atoms with Crippen LogP contribution in [0.15, 0.2) is 102 Å². The number of carbonyl (C=O) groups is 7. The predicted octanol–water partition coefficient (Wildman–Crippen LogP) is 9.43. The van der Waals surface area contributed by atoms with Gasteiger partial charge in [0.25, 0.3) is 23.2 Å². The Morgan fingerprint density at radius 1 is 0.885 bits per heavy atom. The second-order valence-electron chi connectivity index (χ2n) is 20.6. The van der Waals surface area contributed by atoms with E-state index < -0.39 is 129 Å². The normalized spacial score (nSPS) is 14.2. The number of nitrogens with zero attached hydrogens (tertiary/aromatic N) is 4. The van der Waals surface area contributed by atoms with Gasteiger partial charge >= 0.3 is 19.7 Å². The molecule has 7 rings (SSSR count). The van der Waals surface area contributed by atoms with Gasteiger partial charge in [0.1, 0.15) is 41.2 Å². The number of aryl methyl sites for hydroxylation is 2. The van der Waals surface area contributed by atoms with Crippen LogP contribution in [0.5, 0.6) is 17.2 Å². The SMILES string of the molecule is CC1COc2ccccc2N1C(=O)C(Cl)Cl.CCc1cccc(C)c1N(C(=O)CCl)C(C)COC.CS(=O)(=O)NC(=O)c1cc(Oc2ccc(C(F)(F)F)cc2Cl)ccc1[N+](=O)[O-].CS(=O)(=O)c1ccc(C(=O)C2C(=O)CCCC2=O)c([N+](=O)[O-])c1.O=C(O)CNCP(=O)(O)O. The Kier molecular flexibility index (Phi) is 31.5. The Morgan fingerprint density at radius 3 is 2.01 bits per heavy atom. The van der Waals surface area contributed by atoms with Crippen LogP contribution in [-0.4, -0.2) is 151 Å². The van der Waals surface area contributed by atoms with Gasteiger partial charge in [-0.1, -0.05) is 72.1 Å². The number of hydrogen-bond acceptors (Lipinski definition) is 20. The lowest BCUT2D eigenvalue weighted by Gasteiger charge is -2.35. The van der Waals surface area contributed by atoms with Crippen LogP contribution >= 0.6 is 54.0 Å². The van der Waals surface area contributed by atoms with Gasteiger partial charge in [0.05, 0.1) is 80.0 Å². The standard InChI is InChI=1S/C15H10ClF3N2O6S.C15H22ClNO2.C14H13NO7S.C11H11Cl2NO2.C3H8NO5P/c1-28(25,26)20-14(22)10-7-9(3-4-12(10)21(23)24)27-13-5-2-8(6-11(13)16)15(17,18)19;1-5-13-8-6-7-11(2)15(13)17(14(18)9-16)12(3)10-19-4;1-23(21,22)8-5-6-9(10(7-8)15(19)20)14(18)13-11(16)3-2-4-12(13)17;1-7-6-16-9-5-3-2-4-8(9)14(7)11(15)10(12)13;5-3(6)1-4-2-10(7,8)9/h2-7H,1H3,(H,20,22);6-8,12H,5,9-10H2,1-4H3;5-7,13H,2-4H2,1H3;2-5,7,10H,6H2,1H3;4H,1-2H2,(H,5,6)(H2,7,8,9). The molecule has 5 aromatic carbocycles. The van der Waals surface area contributed by atoms with E-state index in [2.05, 4.69) is 18.3 Å². The topological polar surface area (TPSA) is 410 Å². The minimum Gasteiger partial charge on any atom is -0.489 e. The Bertz CT molecular complexity index is 3980. The number of nitro benzene ring substituents is 2. The molecule has 0 radical (unpaired) electrons. The van der Waals surface area contributed by atoms with Gasteiger partial charge in [-0.3, -0.25) is 63.7 Å². The van der Waals surface area contributed by atoms with Crippen LogP contribution in [0.2, 0.25) is 5.02 Å². The number of rotatable bonds is 20. The maximum atomic E-state index is 12.7. The number of anilines is 2. The van der Waals surface area contributed by atoms with E-state index in [0.29, 0.717) is 43.8 Å². The first kappa shape index (κ1) is 82.5. The number of ether oxygens (including phenoxy) is 3. The number of methoxy groups -OCH3 is 1. The fourth-order valence-electron chi connectivity index (χ4n) is 8.86. The van der Waals surface area contributed by atoms with Gasteiger partial charge in [0, 0.05) is 44.4 Å². The molecule has 0 spiro atoms. The van der Waals surface area contributed by atoms with Crippen molar-refractivity contribution >= 4 is 138 Å². The fraction of sp³-hybridized carbons (Fsp3) is 0.362. The Balaban J connectivity index is 0.000000323. The van der Waals surface area contributed by atoms with Crippen LogP contribution in [-0.2, 0) is 65.7 Å². The quantitative estimate of drug-likeness (QED) is 0.0121. The van der Waals surface area contributed by atoms with Gasteiger partial charge < -0.3 is 38.9 Å². The monoisotopic (exact) mass is 1490 g/mol. The second-order valence-corrected chi connectivity index (χ2v) is 27.8. The summed E-state index contributed by atoms with van der Waals surface area (Å²) in [5.41, 5.74) is 0.421. The summed E-state index contributed by atoms with van der Waals surface area (Å²) in [6.07, 6.45) is -2.29. The van der Waals surface area contributed by atoms with Crippen LogP contribution in [0, 0.1) is 33.1 Å². The smallest absolute Gasteiger partial charge is 0.416 e. The highest BCUT2D eigenvalue weighted by atomic mass is 35.5. The fourth-order valence-corrected chi connectivity index (χ4v) is 10.9. The number of carboxylic acids is 1. The maximum absolute atomic E-state index is 12.7. The van der Waals surface area contributed by atoms with Gasteiger partial charge in [-0.05, 0) is 93.3 Å². The lowest BCUT2D eigenvalue weighted by molar-refractivity contribution is -0.385. The number of hydrogen-bond donors (Lipinski definition) is 5. The lowest BCUT2D eigenvalue weighted by atomic mass is 9.81. The van der Waals surface area contributed by atoms with Gasteiger partial charge in [-0.15, -0.1) is 11.6 Å². The molecule has 3 amide bonds. The molecule has 2 unspecified atom stereocenters. The summed E-state index contributed by atoms with van der Waals surface area (Å²) in [5.74, 6) is -6.18. The molecular formula is C58H64Cl4F3N6O22PS2. The van der Waals surface area contributed by atoms with Crippen molar-refractivity contribution in [1.82, 2.24) is 10.0 Å². The van der Waals surface area contributed by atoms with Crippen LogP contribution in [0.3, 0.4) is 0 Å². The van der Waals surface area contributed by atoms with Crippen molar-refractivity contribution in [3.8, 4) is 17.2 Å². The van der Waals surface area contributed by atoms with Gasteiger partial charge in [0.15, 0.2) is 32.0 Å². The summed E-state index contributed by atoms with van der Waals surface area (Å²) in [6.45, 7) is 8.46. The number of nitro groups is 2. The number of halogens is 7. The minimum absolute atomic E-state index is 0.0223. The number of para-hydroxylation sites is 3. The van der Waals surface area contributed by atoms with Gasteiger partial charge in [-0.2, -0.15) is 13.2 Å². The van der Waals surface area contributed by atoms with Crippen molar-refractivity contribution in [3.63, 3.8) is 0 Å². The van der Waals surface area contributed by atoms with Crippen LogP contribution in [0.4, 0.5) is 35.9 Å². The molecule has 38 heteroatoms. The molecule has 1 fully saturated rings. The van der Waals surface area contributed by atoms with Crippen LogP contribution in [0.1, 0.15) is 77.4 Å². The molecule has 1 aliphatic heterocycles. The molecule has 1 heterocycles. The van der Waals surface area contributed by atoms with Gasteiger partial charge in [0.2, 0.25) is 15.9 Å². The summed E-state index contributed by atoms with van der Waals surface area (Å²) >= 11 is 22.8. The molecule has 5 aromatic rings. The van der Waals surface area contributed by atoms with E-state index >= 15 is 0 Å². The number of sulfone groups is 1. The van der Waals surface area contributed by atoms with E-state index in [1.807, 2.05) is 57.2 Å². The first-order valence-electron chi connectivity index (χ1n) is 27.7. The van der Waals surface area contributed by atoms with E-state index in [1.54, 1.807) is 21.6 Å². The van der Waals surface area contributed by atoms with E-state index in [1.165, 1.54) is 0 Å². The zero-order chi connectivity index (χ0) is 73.0. The van der Waals surface area contributed by atoms with E-state index in [-0.39, 0.29) is 59.0 Å². The third-order valence-electron chi connectivity index (χ3n) is 13.0. The molecule has 28 nitrogen and oxygen atoms in total. The number of fused-ring (bicyclic) bond motifs is 1. The largest absolute Gasteiger partial charge is 0.489 e. The first-order valence-corrected chi connectivity index (χ1v) is 35.0. The van der Waals surface area contributed by atoms with Crippen molar-refractivity contribution in [2.45, 2.75) is 81.4 Å². The van der Waals surface area contributed by atoms with Crippen molar-refractivity contribution in [2.24, 2.45) is 5.92 Å². The van der Waals surface area contributed by atoms with Crippen molar-refractivity contribution < 1.29 is 107 Å². The number of aliphatic carboxylic acids is 1. The van der Waals surface area contributed by atoms with Crippen molar-refractivity contribution in [2.75, 3.05) is 61.3 Å². The van der Waals surface area contributed by atoms with Crippen molar-refractivity contribution in [1.29, 1.82) is 0 Å². The number of ketones is 3. The number of sulfonamides is 1. The van der Waals surface area contributed by atoms with E-state index in [4.69, 9.17) is 75.5 Å². The first-order chi connectivity index (χ1) is 44.5. The summed E-state index contributed by atoms with van der Waals surface area (Å²) in [4.78, 5) is 121. The summed E-state index contributed by atoms with van der Waals surface area (Å²) in [5, 5.41) is 31.9. The number of carbonyl (C=O) groups excluding carboxylic acids is 6. The van der Waals surface area contributed by atoms with Crippen LogP contribution < -0.4 is 29.3 Å². The maximum Gasteiger partial charge on any atom is 0.416 e. The molecule has 1 aliphatic carbocycles. The molecule has 2 aliphatic rings. The predicted molar refractivity (Wildman–Crippen MR) is 347 cm³/mol. The third-order valence-corrected chi connectivity index (χ3v) is 16.2. The van der Waals surface area contributed by atoms with Gasteiger partial charge in [-0.25, -0.2) is 21.6 Å². The molecular weight excluding hydrogens is 1430 g/mol. The van der Waals surface area contributed by atoms with E-state index in [9.17, 15) is 88.4 Å². The molecule has 0 bridgehead atoms. The number of benzene rings is 5. The highest BCUT2D eigenvalue weighted by Gasteiger charge is 2.40. The van der Waals surface area contributed by atoms with Crippen molar-refractivity contribution in [3.05, 3.63) is 150 Å². The summed E-state index contributed by atoms with van der Waals surface area (Å²) in [7, 11) is -10.2. The Morgan fingerprint density at radius 2 is 1.50 bits per heavy atom. The number of nitrogens with one attached hydrogen (secondary N) is 2. The zero-order valence-electron chi connectivity index (χ0n) is 51.7. The van der Waals surface area contributed by atoms with Crippen LogP contribution in [0.25, 0.3) is 0 Å². The van der Waals surface area contributed by atoms with E-state index in [0.717, 1.165) is 77.6 Å². The average Bonchev–Trinajstić information content (AvgIpc) is 0.814. The highest BCUT2D eigenvalue weighted by molar-refractivity contribution is 7.90. The average molecular weight is 1490 g/mol. The number of alkyl halides is 6.